The Hall–Kier alpha value is -1.41. The molecule has 1 aromatic rings. The molecule has 0 aromatic heterocycles. The molecule has 2 rings (SSSR count). The number of ether oxygens (including phenoxy) is 3. The van der Waals surface area contributed by atoms with Gasteiger partial charge in [0.05, 0.1) is 50.4 Å². The molecule has 1 heterocycles. The van der Waals surface area contributed by atoms with Gasteiger partial charge in [0.1, 0.15) is 6.61 Å². The van der Waals surface area contributed by atoms with E-state index < -0.39 is 16.1 Å². The molecule has 0 spiro atoms. The molecule has 1 aliphatic rings. The molecule has 1 unspecified atom stereocenters. The van der Waals surface area contributed by atoms with Crippen LogP contribution in [0.1, 0.15) is 64.0 Å². The van der Waals surface area contributed by atoms with Crippen LogP contribution in [0.5, 0.6) is 0 Å². The largest absolute Gasteiger partial charge is 0.464 e. The summed E-state index contributed by atoms with van der Waals surface area (Å²) in [6.45, 7) is 8.75. The van der Waals surface area contributed by atoms with Crippen LogP contribution in [0.3, 0.4) is 0 Å². The van der Waals surface area contributed by atoms with Gasteiger partial charge < -0.3 is 19.3 Å². The lowest BCUT2D eigenvalue weighted by atomic mass is 10.0. The molecule has 12 heteroatoms. The molecule has 0 radical (unpaired) electrons. The SMILES string of the molecule is CCCCCC(O)c1ccc(N(NSCCOCCC(=O)OCCN2CCOCC2)S(=O)(=O)CCC)cc1. The normalized spacial score (nSPS) is 15.3. The topological polar surface area (TPSA) is 118 Å². The number of unbranched alkanes of at least 4 members (excludes halogenated alkanes) is 2. The number of anilines is 1. The number of hydrazine groups is 1. The molecule has 1 atom stereocenters. The fourth-order valence-corrected chi connectivity index (χ4v) is 6.12. The van der Waals surface area contributed by atoms with E-state index >= 15 is 0 Å². The van der Waals surface area contributed by atoms with E-state index in [2.05, 4.69) is 16.7 Å². The molecule has 1 aliphatic heterocycles. The molecule has 1 fully saturated rings. The van der Waals surface area contributed by atoms with Gasteiger partial charge in [-0.15, -0.1) is 0 Å². The molecule has 0 aliphatic carbocycles. The monoisotopic (exact) mass is 575 g/mol. The smallest absolute Gasteiger partial charge is 0.308 e. The highest BCUT2D eigenvalue weighted by Gasteiger charge is 2.22. The number of nitrogens with zero attached hydrogens (tertiary/aromatic N) is 2. The predicted octanol–water partition coefficient (Wildman–Crippen LogP) is 3.28. The molecular weight excluding hydrogens is 530 g/mol. The maximum absolute atomic E-state index is 12.9. The lowest BCUT2D eigenvalue weighted by Gasteiger charge is -2.26. The highest BCUT2D eigenvalue weighted by Crippen LogP contribution is 2.24. The molecule has 0 bridgehead atoms. The second-order valence-electron chi connectivity index (χ2n) is 9.16. The van der Waals surface area contributed by atoms with Gasteiger partial charge in [-0.05, 0) is 30.5 Å². The molecule has 1 saturated heterocycles. The first-order chi connectivity index (χ1) is 18.4. The van der Waals surface area contributed by atoms with Crippen LogP contribution < -0.4 is 9.25 Å². The second-order valence-corrected chi connectivity index (χ2v) is 12.0. The number of nitrogens with one attached hydrogen (secondary N) is 1. The number of esters is 1. The fraction of sp³-hybridized carbons (Fsp3) is 0.731. The minimum absolute atomic E-state index is 0.00606. The van der Waals surface area contributed by atoms with Crippen LogP contribution in [-0.4, -0.2) is 88.6 Å². The standard InChI is InChI=1S/C26H45N3O7S2/c1-3-5-6-7-25(30)23-8-10-24(11-9-23)29(38(32,33)22-4-2)27-37-21-20-34-16-12-26(31)36-19-15-28-13-17-35-18-14-28/h8-11,25,27,30H,3-7,12-22H2,1-2H3. The summed E-state index contributed by atoms with van der Waals surface area (Å²) < 4.78 is 43.0. The van der Waals surface area contributed by atoms with E-state index in [-0.39, 0.29) is 24.7 Å². The third-order valence-corrected chi connectivity index (χ3v) is 8.62. The van der Waals surface area contributed by atoms with Crippen molar-refractivity contribution in [2.24, 2.45) is 0 Å². The lowest BCUT2D eigenvalue weighted by Crippen LogP contribution is -2.41. The van der Waals surface area contributed by atoms with Gasteiger partial charge in [-0.25, -0.2) is 8.42 Å². The lowest BCUT2D eigenvalue weighted by molar-refractivity contribution is -0.145. The Labute approximate surface area is 232 Å². The van der Waals surface area contributed by atoms with Crippen molar-refractivity contribution in [2.45, 2.75) is 58.5 Å². The molecule has 38 heavy (non-hydrogen) atoms. The summed E-state index contributed by atoms with van der Waals surface area (Å²) in [7, 11) is -3.58. The molecular formula is C26H45N3O7S2. The minimum Gasteiger partial charge on any atom is -0.464 e. The van der Waals surface area contributed by atoms with E-state index in [9.17, 15) is 18.3 Å². The van der Waals surface area contributed by atoms with Crippen LogP contribution in [0.25, 0.3) is 0 Å². The quantitative estimate of drug-likeness (QED) is 0.104. The Morgan fingerprint density at radius 1 is 1.13 bits per heavy atom. The molecule has 0 saturated carbocycles. The van der Waals surface area contributed by atoms with Crippen LogP contribution >= 0.6 is 11.9 Å². The third kappa shape index (κ3) is 12.6. The summed E-state index contributed by atoms with van der Waals surface area (Å²) in [6, 6.07) is 6.96. The van der Waals surface area contributed by atoms with Gasteiger partial charge >= 0.3 is 5.97 Å². The number of morpholine rings is 1. The molecule has 0 amide bonds. The van der Waals surface area contributed by atoms with Crippen molar-refractivity contribution in [3.05, 3.63) is 29.8 Å². The summed E-state index contributed by atoms with van der Waals surface area (Å²) in [6.07, 6.45) is 3.91. The van der Waals surface area contributed by atoms with E-state index in [0.717, 1.165) is 37.9 Å². The average Bonchev–Trinajstić information content (AvgIpc) is 2.91. The zero-order chi connectivity index (χ0) is 27.6. The summed E-state index contributed by atoms with van der Waals surface area (Å²) in [5.74, 6) is 0.199. The highest BCUT2D eigenvalue weighted by atomic mass is 32.2. The minimum atomic E-state index is -3.58. The summed E-state index contributed by atoms with van der Waals surface area (Å²) >= 11 is 1.21. The summed E-state index contributed by atoms with van der Waals surface area (Å²) in [4.78, 5) is 17.0. The zero-order valence-corrected chi connectivity index (χ0v) is 24.4. The van der Waals surface area contributed by atoms with Crippen molar-refractivity contribution in [2.75, 3.05) is 68.6 Å². The number of benzene rings is 1. The molecule has 1 aromatic carbocycles. The molecule has 10 nitrogen and oxygen atoms in total. The molecule has 2 N–H and O–H groups in total. The van der Waals surface area contributed by atoms with Crippen LogP contribution in [0.15, 0.2) is 24.3 Å². The van der Waals surface area contributed by atoms with Crippen molar-refractivity contribution >= 4 is 33.6 Å². The Balaban J connectivity index is 1.71. The summed E-state index contributed by atoms with van der Waals surface area (Å²) in [5, 5.41) is 10.4. The number of carbonyl (C=O) groups is 1. The van der Waals surface area contributed by atoms with Crippen molar-refractivity contribution in [3.8, 4) is 0 Å². The van der Waals surface area contributed by atoms with Gasteiger partial charge in [-0.1, -0.05) is 57.2 Å². The maximum atomic E-state index is 12.9. The molecule has 218 valence electrons. The van der Waals surface area contributed by atoms with Gasteiger partial charge in [0.2, 0.25) is 10.0 Å². The number of sulfonamides is 1. The first-order valence-electron chi connectivity index (χ1n) is 13.6. The van der Waals surface area contributed by atoms with Crippen LogP contribution in [0, 0.1) is 0 Å². The number of aliphatic hydroxyl groups is 1. The Bertz CT molecular complexity index is 881. The fourth-order valence-electron chi connectivity index (χ4n) is 3.85. The Kier molecular flexibility index (Phi) is 16.2. The van der Waals surface area contributed by atoms with Crippen molar-refractivity contribution in [1.29, 1.82) is 0 Å². The van der Waals surface area contributed by atoms with Gasteiger partial charge in [0.25, 0.3) is 0 Å². The van der Waals surface area contributed by atoms with E-state index in [1.165, 1.54) is 16.4 Å². The van der Waals surface area contributed by atoms with Crippen molar-refractivity contribution in [1.82, 2.24) is 9.73 Å². The van der Waals surface area contributed by atoms with Crippen LogP contribution in [0.4, 0.5) is 5.69 Å². The van der Waals surface area contributed by atoms with Crippen molar-refractivity contribution < 1.29 is 32.5 Å². The number of aliphatic hydroxyl groups excluding tert-OH is 1. The Morgan fingerprint density at radius 2 is 1.87 bits per heavy atom. The van der Waals surface area contributed by atoms with Gasteiger partial charge in [-0.3, -0.25) is 9.69 Å². The van der Waals surface area contributed by atoms with Gasteiger partial charge in [0.15, 0.2) is 0 Å². The van der Waals surface area contributed by atoms with E-state index in [1.807, 2.05) is 6.92 Å². The highest BCUT2D eigenvalue weighted by molar-refractivity contribution is 7.99. The van der Waals surface area contributed by atoms with E-state index in [4.69, 9.17) is 14.2 Å². The Morgan fingerprint density at radius 3 is 2.55 bits per heavy atom. The predicted molar refractivity (Wildman–Crippen MR) is 151 cm³/mol. The number of hydrogen-bond donors (Lipinski definition) is 2. The zero-order valence-electron chi connectivity index (χ0n) is 22.8. The first-order valence-corrected chi connectivity index (χ1v) is 16.2. The van der Waals surface area contributed by atoms with Crippen molar-refractivity contribution in [3.63, 3.8) is 0 Å². The summed E-state index contributed by atoms with van der Waals surface area (Å²) in [5.41, 5.74) is 1.26. The second kappa shape index (κ2) is 18.8. The third-order valence-electron chi connectivity index (χ3n) is 6.04. The van der Waals surface area contributed by atoms with Gasteiger partial charge in [-0.2, -0.15) is 9.25 Å². The average molecular weight is 576 g/mol. The maximum Gasteiger partial charge on any atom is 0.308 e. The number of carbonyl (C=O) groups excluding carboxylic acids is 1. The number of hydrogen-bond acceptors (Lipinski definition) is 10. The van der Waals surface area contributed by atoms with E-state index in [1.54, 1.807) is 24.3 Å². The van der Waals surface area contributed by atoms with Crippen LogP contribution in [0.2, 0.25) is 0 Å². The van der Waals surface area contributed by atoms with E-state index in [0.29, 0.717) is 57.3 Å². The first kappa shape index (κ1) is 32.8. The number of rotatable bonds is 20. The van der Waals surface area contributed by atoms with Crippen LogP contribution in [-0.2, 0) is 29.0 Å². The van der Waals surface area contributed by atoms with Gasteiger partial charge in [0, 0.05) is 25.4 Å².